The zero-order valence-electron chi connectivity index (χ0n) is 11.9. The quantitative estimate of drug-likeness (QED) is 0.686. The van der Waals surface area contributed by atoms with Crippen LogP contribution in [0.25, 0.3) is 10.8 Å². The van der Waals surface area contributed by atoms with Gasteiger partial charge >= 0.3 is 0 Å². The van der Waals surface area contributed by atoms with E-state index in [0.717, 1.165) is 5.75 Å². The summed E-state index contributed by atoms with van der Waals surface area (Å²) in [5.74, 6) is 0.986. The van der Waals surface area contributed by atoms with Gasteiger partial charge in [0, 0.05) is 0 Å². The molecule has 18 heavy (non-hydrogen) atoms. The third-order valence-corrected chi connectivity index (χ3v) is 8.19. The number of fused-ring (bicyclic) bond motifs is 1. The van der Waals surface area contributed by atoms with Crippen molar-refractivity contribution in [3.63, 3.8) is 0 Å². The predicted octanol–water partition coefficient (Wildman–Crippen LogP) is 5.02. The molecule has 0 saturated heterocycles. The van der Waals surface area contributed by atoms with E-state index in [0.29, 0.717) is 0 Å². The van der Waals surface area contributed by atoms with Gasteiger partial charge in [-0.05, 0) is 53.2 Å². The standard InChI is InChI=1S/C16H21OSi/c1-16(2,3)18(4,5)17-15-11-10-13-8-6-7-9-14(13)12-15/h7-12H,1-5H3. The van der Waals surface area contributed by atoms with E-state index in [9.17, 15) is 0 Å². The van der Waals surface area contributed by atoms with Gasteiger partial charge in [0.1, 0.15) is 5.75 Å². The highest BCUT2D eigenvalue weighted by Crippen LogP contribution is 2.37. The van der Waals surface area contributed by atoms with E-state index in [-0.39, 0.29) is 5.04 Å². The Morgan fingerprint density at radius 1 is 1.06 bits per heavy atom. The van der Waals surface area contributed by atoms with Crippen molar-refractivity contribution in [2.24, 2.45) is 0 Å². The Labute approximate surface area is 111 Å². The third kappa shape index (κ3) is 2.59. The van der Waals surface area contributed by atoms with Crippen LogP contribution < -0.4 is 4.43 Å². The number of rotatable bonds is 2. The monoisotopic (exact) mass is 257 g/mol. The van der Waals surface area contributed by atoms with Crippen molar-refractivity contribution in [1.82, 2.24) is 0 Å². The smallest absolute Gasteiger partial charge is 0.250 e. The fourth-order valence-corrected chi connectivity index (χ4v) is 2.64. The summed E-state index contributed by atoms with van der Waals surface area (Å²) in [5, 5.41) is 2.65. The SMILES string of the molecule is CC(C)(C)[Si](C)(C)Oc1ccc2c[c]ccc2c1. The molecule has 2 heteroatoms. The van der Waals surface area contributed by atoms with Crippen molar-refractivity contribution in [2.45, 2.75) is 38.9 Å². The highest BCUT2D eigenvalue weighted by molar-refractivity contribution is 6.74. The molecule has 0 unspecified atom stereocenters. The summed E-state index contributed by atoms with van der Waals surface area (Å²) in [6.07, 6.45) is 0. The van der Waals surface area contributed by atoms with E-state index < -0.39 is 8.32 Å². The molecule has 1 radical (unpaired) electrons. The molecule has 95 valence electrons. The van der Waals surface area contributed by atoms with Gasteiger partial charge in [-0.2, -0.15) is 0 Å². The Kier molecular flexibility index (Phi) is 3.24. The Balaban J connectivity index is 2.33. The fraction of sp³-hybridized carbons (Fsp3) is 0.375. The molecule has 0 aliphatic carbocycles. The molecule has 0 saturated carbocycles. The van der Waals surface area contributed by atoms with Gasteiger partial charge in [0.15, 0.2) is 0 Å². The Bertz CT molecular complexity index is 552. The molecule has 0 aliphatic rings. The average Bonchev–Trinajstić information content (AvgIpc) is 2.27. The number of hydrogen-bond donors (Lipinski definition) is 0. The summed E-state index contributed by atoms with van der Waals surface area (Å²) < 4.78 is 6.30. The molecule has 0 amide bonds. The second-order valence-electron chi connectivity index (χ2n) is 6.30. The van der Waals surface area contributed by atoms with Crippen molar-refractivity contribution in [2.75, 3.05) is 0 Å². The summed E-state index contributed by atoms with van der Waals surface area (Å²) in [6, 6.07) is 15.4. The lowest BCUT2D eigenvalue weighted by Gasteiger charge is -2.36. The minimum atomic E-state index is -1.74. The zero-order chi connectivity index (χ0) is 13.4. The first-order valence-corrected chi connectivity index (χ1v) is 9.29. The summed E-state index contributed by atoms with van der Waals surface area (Å²) in [7, 11) is -1.74. The summed E-state index contributed by atoms with van der Waals surface area (Å²) in [4.78, 5) is 0. The van der Waals surface area contributed by atoms with Crippen molar-refractivity contribution in [1.29, 1.82) is 0 Å². The predicted molar refractivity (Wildman–Crippen MR) is 80.6 cm³/mol. The molecule has 0 bridgehead atoms. The Morgan fingerprint density at radius 2 is 1.78 bits per heavy atom. The highest BCUT2D eigenvalue weighted by Gasteiger charge is 2.38. The first-order valence-electron chi connectivity index (χ1n) is 6.38. The van der Waals surface area contributed by atoms with E-state index in [2.05, 4.69) is 64.2 Å². The second kappa shape index (κ2) is 4.43. The Hall–Kier alpha value is -1.28. The van der Waals surface area contributed by atoms with Crippen molar-refractivity contribution in [3.8, 4) is 5.75 Å². The number of benzene rings is 2. The maximum atomic E-state index is 6.30. The molecule has 0 spiro atoms. The lowest BCUT2D eigenvalue weighted by atomic mass is 10.1. The van der Waals surface area contributed by atoms with Gasteiger partial charge in [0.25, 0.3) is 0 Å². The minimum Gasteiger partial charge on any atom is -0.543 e. The van der Waals surface area contributed by atoms with E-state index in [4.69, 9.17) is 4.43 Å². The van der Waals surface area contributed by atoms with Crippen LogP contribution in [0.2, 0.25) is 18.1 Å². The van der Waals surface area contributed by atoms with Crippen LogP contribution in [0.15, 0.2) is 36.4 Å². The summed E-state index contributed by atoms with van der Waals surface area (Å²) >= 11 is 0. The molecule has 0 fully saturated rings. The van der Waals surface area contributed by atoms with Crippen molar-refractivity contribution in [3.05, 3.63) is 42.5 Å². The lowest BCUT2D eigenvalue weighted by molar-refractivity contribution is 0.493. The average molecular weight is 257 g/mol. The third-order valence-electron chi connectivity index (χ3n) is 3.84. The van der Waals surface area contributed by atoms with Crippen LogP contribution in [0.4, 0.5) is 0 Å². The van der Waals surface area contributed by atoms with Crippen LogP contribution in [-0.2, 0) is 0 Å². The molecule has 0 heterocycles. The largest absolute Gasteiger partial charge is 0.543 e. The minimum absolute atomic E-state index is 0.229. The van der Waals surface area contributed by atoms with E-state index in [1.54, 1.807) is 0 Å². The van der Waals surface area contributed by atoms with Crippen LogP contribution >= 0.6 is 0 Å². The van der Waals surface area contributed by atoms with Crippen molar-refractivity contribution >= 4 is 19.1 Å². The highest BCUT2D eigenvalue weighted by atomic mass is 28.4. The van der Waals surface area contributed by atoms with Crippen LogP contribution in [0.1, 0.15) is 20.8 Å². The molecule has 2 rings (SSSR count). The normalized spacial score (nSPS) is 12.7. The van der Waals surface area contributed by atoms with E-state index in [1.165, 1.54) is 10.8 Å². The topological polar surface area (TPSA) is 9.23 Å². The Morgan fingerprint density at radius 3 is 2.44 bits per heavy atom. The van der Waals surface area contributed by atoms with Crippen LogP contribution in [-0.4, -0.2) is 8.32 Å². The van der Waals surface area contributed by atoms with E-state index in [1.807, 2.05) is 12.1 Å². The molecule has 0 aromatic heterocycles. The van der Waals surface area contributed by atoms with Crippen molar-refractivity contribution < 1.29 is 4.43 Å². The van der Waals surface area contributed by atoms with Crippen LogP contribution in [0, 0.1) is 6.07 Å². The van der Waals surface area contributed by atoms with Gasteiger partial charge in [-0.15, -0.1) is 0 Å². The molecule has 1 nitrogen and oxygen atoms in total. The molecule has 0 aliphatic heterocycles. The van der Waals surface area contributed by atoms with Gasteiger partial charge in [-0.1, -0.05) is 39.0 Å². The second-order valence-corrected chi connectivity index (χ2v) is 11.0. The zero-order valence-corrected chi connectivity index (χ0v) is 12.9. The molecule has 0 atom stereocenters. The first kappa shape index (κ1) is 13.2. The van der Waals surface area contributed by atoms with Gasteiger partial charge in [0.2, 0.25) is 8.32 Å². The molecule has 0 N–H and O–H groups in total. The first-order chi connectivity index (χ1) is 8.29. The fourth-order valence-electron chi connectivity index (χ4n) is 1.62. The molecular formula is C16H21OSi. The summed E-state index contributed by atoms with van der Waals surface area (Å²) in [6.45, 7) is 11.3. The van der Waals surface area contributed by atoms with E-state index >= 15 is 0 Å². The van der Waals surface area contributed by atoms with Crippen LogP contribution in [0.3, 0.4) is 0 Å². The van der Waals surface area contributed by atoms with Gasteiger partial charge in [0.05, 0.1) is 0 Å². The molecular weight excluding hydrogens is 236 g/mol. The molecule has 2 aromatic carbocycles. The van der Waals surface area contributed by atoms with Gasteiger partial charge in [-0.3, -0.25) is 0 Å². The number of hydrogen-bond acceptors (Lipinski definition) is 1. The van der Waals surface area contributed by atoms with Crippen LogP contribution in [0.5, 0.6) is 5.75 Å². The van der Waals surface area contributed by atoms with Gasteiger partial charge < -0.3 is 4.43 Å². The van der Waals surface area contributed by atoms with Gasteiger partial charge in [-0.25, -0.2) is 0 Å². The lowest BCUT2D eigenvalue weighted by Crippen LogP contribution is -2.43. The maximum absolute atomic E-state index is 6.30. The maximum Gasteiger partial charge on any atom is 0.250 e. The summed E-state index contributed by atoms with van der Waals surface area (Å²) in [5.41, 5.74) is 0. The molecule has 2 aromatic rings.